The van der Waals surface area contributed by atoms with Crippen molar-refractivity contribution in [3.05, 3.63) is 35.7 Å². The van der Waals surface area contributed by atoms with Crippen molar-refractivity contribution >= 4 is 34.5 Å². The molecule has 0 saturated carbocycles. The van der Waals surface area contributed by atoms with Gasteiger partial charge in [-0.25, -0.2) is 19.7 Å². The molecule has 3 aromatic heterocycles. The first-order valence-electron chi connectivity index (χ1n) is 7.78. The third-order valence-electron chi connectivity index (χ3n) is 3.37. The van der Waals surface area contributed by atoms with E-state index >= 15 is 0 Å². The van der Waals surface area contributed by atoms with E-state index in [0.29, 0.717) is 36.4 Å². The molecular weight excluding hydrogens is 344 g/mol. The highest BCUT2D eigenvalue weighted by atomic mass is 35.5. The Hall–Kier alpha value is -2.87. The molecule has 1 amide bonds. The zero-order chi connectivity index (χ0) is 17.6. The van der Waals surface area contributed by atoms with Crippen LogP contribution < -0.4 is 10.6 Å². The first kappa shape index (κ1) is 17.0. The molecule has 0 saturated heterocycles. The maximum Gasteiger partial charge on any atom is 0.407 e. The van der Waals surface area contributed by atoms with Gasteiger partial charge in [-0.2, -0.15) is 0 Å². The fourth-order valence-corrected chi connectivity index (χ4v) is 2.44. The molecule has 3 N–H and O–H groups in total. The van der Waals surface area contributed by atoms with Gasteiger partial charge >= 0.3 is 6.09 Å². The van der Waals surface area contributed by atoms with E-state index < -0.39 is 6.09 Å². The maximum absolute atomic E-state index is 11.2. The minimum Gasteiger partial charge on any atom is -0.450 e. The van der Waals surface area contributed by atoms with Crippen molar-refractivity contribution in [2.45, 2.75) is 6.92 Å². The Balaban J connectivity index is 1.69. The van der Waals surface area contributed by atoms with E-state index in [0.717, 1.165) is 16.6 Å². The number of anilines is 1. The average molecular weight is 361 g/mol. The lowest BCUT2D eigenvalue weighted by molar-refractivity contribution is 0.152. The van der Waals surface area contributed by atoms with Crippen molar-refractivity contribution in [3.63, 3.8) is 0 Å². The SMILES string of the molecule is CCOC(=O)NCCNc1ccnc(-c2c[nH]c3ncc(Cl)cc23)n1. The van der Waals surface area contributed by atoms with Gasteiger partial charge in [-0.15, -0.1) is 0 Å². The molecule has 3 aromatic rings. The molecule has 0 aliphatic heterocycles. The highest BCUT2D eigenvalue weighted by molar-refractivity contribution is 6.31. The number of amides is 1. The summed E-state index contributed by atoms with van der Waals surface area (Å²) >= 11 is 6.02. The van der Waals surface area contributed by atoms with Crippen molar-refractivity contribution in [3.8, 4) is 11.4 Å². The molecular formula is C16H17ClN6O2. The number of pyridine rings is 1. The molecule has 0 bridgehead atoms. The summed E-state index contributed by atoms with van der Waals surface area (Å²) in [4.78, 5) is 27.3. The molecule has 0 aromatic carbocycles. The number of carbonyl (C=O) groups excluding carboxylic acids is 1. The quantitative estimate of drug-likeness (QED) is 0.584. The molecule has 0 fully saturated rings. The summed E-state index contributed by atoms with van der Waals surface area (Å²) in [6.45, 7) is 3.03. The number of H-pyrrole nitrogens is 1. The Morgan fingerprint density at radius 1 is 1.36 bits per heavy atom. The van der Waals surface area contributed by atoms with Gasteiger partial charge in [0.25, 0.3) is 0 Å². The van der Waals surface area contributed by atoms with Crippen LogP contribution in [0.15, 0.2) is 30.7 Å². The van der Waals surface area contributed by atoms with Gasteiger partial charge in [0.05, 0.1) is 11.6 Å². The van der Waals surface area contributed by atoms with Gasteiger partial charge in [-0.05, 0) is 19.1 Å². The fourth-order valence-electron chi connectivity index (χ4n) is 2.29. The summed E-state index contributed by atoms with van der Waals surface area (Å²) in [7, 11) is 0. The van der Waals surface area contributed by atoms with Gasteiger partial charge in [0, 0.05) is 42.6 Å². The standard InChI is InChI=1S/C16H17ClN6O2/c1-2-25-16(24)20-6-5-18-13-3-4-19-15(23-13)12-9-22-14-11(12)7-10(17)8-21-14/h3-4,7-9H,2,5-6H2,1H3,(H,20,24)(H,21,22)(H,18,19,23). The number of aromatic amines is 1. The van der Waals surface area contributed by atoms with Crippen LogP contribution in [0.25, 0.3) is 22.4 Å². The number of halogens is 1. The Morgan fingerprint density at radius 3 is 3.08 bits per heavy atom. The average Bonchev–Trinajstić information content (AvgIpc) is 3.02. The van der Waals surface area contributed by atoms with Crippen LogP contribution in [-0.4, -0.2) is 45.7 Å². The van der Waals surface area contributed by atoms with Crippen LogP contribution >= 0.6 is 11.6 Å². The maximum atomic E-state index is 11.2. The van der Waals surface area contributed by atoms with Crippen LogP contribution in [0.1, 0.15) is 6.92 Å². The van der Waals surface area contributed by atoms with E-state index in [4.69, 9.17) is 16.3 Å². The molecule has 0 radical (unpaired) electrons. The normalized spacial score (nSPS) is 10.6. The van der Waals surface area contributed by atoms with Gasteiger partial charge in [-0.3, -0.25) is 0 Å². The van der Waals surface area contributed by atoms with Crippen LogP contribution in [0, 0.1) is 0 Å². The van der Waals surface area contributed by atoms with E-state index in [1.54, 1.807) is 31.6 Å². The largest absolute Gasteiger partial charge is 0.450 e. The van der Waals surface area contributed by atoms with Crippen molar-refractivity contribution in [1.82, 2.24) is 25.3 Å². The Bertz CT molecular complexity index is 882. The second-order valence-electron chi connectivity index (χ2n) is 5.09. The molecule has 0 atom stereocenters. The van der Waals surface area contributed by atoms with Gasteiger partial charge in [0.1, 0.15) is 11.5 Å². The summed E-state index contributed by atoms with van der Waals surface area (Å²) < 4.78 is 4.79. The predicted molar refractivity (Wildman–Crippen MR) is 95.6 cm³/mol. The van der Waals surface area contributed by atoms with E-state index in [1.165, 1.54) is 0 Å². The number of nitrogens with zero attached hydrogens (tertiary/aromatic N) is 3. The molecule has 25 heavy (non-hydrogen) atoms. The number of hydrogen-bond acceptors (Lipinski definition) is 6. The van der Waals surface area contributed by atoms with Crippen molar-refractivity contribution < 1.29 is 9.53 Å². The number of fused-ring (bicyclic) bond motifs is 1. The Morgan fingerprint density at radius 2 is 2.24 bits per heavy atom. The van der Waals surface area contributed by atoms with Gasteiger partial charge < -0.3 is 20.4 Å². The second-order valence-corrected chi connectivity index (χ2v) is 5.53. The summed E-state index contributed by atoms with van der Waals surface area (Å²) in [5, 5.41) is 7.17. The third-order valence-corrected chi connectivity index (χ3v) is 3.58. The molecule has 3 rings (SSSR count). The van der Waals surface area contributed by atoms with E-state index in [2.05, 4.69) is 30.6 Å². The van der Waals surface area contributed by atoms with Gasteiger partial charge in [0.2, 0.25) is 0 Å². The Labute approximate surface area is 149 Å². The van der Waals surface area contributed by atoms with Crippen LogP contribution in [-0.2, 0) is 4.74 Å². The van der Waals surface area contributed by atoms with Gasteiger partial charge in [-0.1, -0.05) is 11.6 Å². The lowest BCUT2D eigenvalue weighted by Crippen LogP contribution is -2.29. The van der Waals surface area contributed by atoms with Crippen LogP contribution in [0.2, 0.25) is 5.02 Å². The molecule has 8 nitrogen and oxygen atoms in total. The molecule has 0 unspecified atom stereocenters. The number of rotatable bonds is 6. The van der Waals surface area contributed by atoms with Crippen molar-refractivity contribution in [1.29, 1.82) is 0 Å². The monoisotopic (exact) mass is 360 g/mol. The topological polar surface area (TPSA) is 105 Å². The first-order valence-corrected chi connectivity index (χ1v) is 8.15. The smallest absolute Gasteiger partial charge is 0.407 e. The lowest BCUT2D eigenvalue weighted by atomic mass is 10.2. The fraction of sp³-hybridized carbons (Fsp3) is 0.250. The van der Waals surface area contributed by atoms with Crippen molar-refractivity contribution in [2.75, 3.05) is 25.0 Å². The van der Waals surface area contributed by atoms with Gasteiger partial charge in [0.15, 0.2) is 5.82 Å². The van der Waals surface area contributed by atoms with E-state index in [9.17, 15) is 4.79 Å². The van der Waals surface area contributed by atoms with E-state index in [-0.39, 0.29) is 0 Å². The Kier molecular flexibility index (Phi) is 5.30. The third kappa shape index (κ3) is 4.16. The molecule has 3 heterocycles. The lowest BCUT2D eigenvalue weighted by Gasteiger charge is -2.08. The number of nitrogens with one attached hydrogen (secondary N) is 3. The molecule has 0 aliphatic rings. The summed E-state index contributed by atoms with van der Waals surface area (Å²) in [5.41, 5.74) is 1.54. The number of alkyl carbamates (subject to hydrolysis) is 1. The van der Waals surface area contributed by atoms with Crippen LogP contribution in [0.4, 0.5) is 10.6 Å². The zero-order valence-corrected chi connectivity index (χ0v) is 14.3. The predicted octanol–water partition coefficient (Wildman–Crippen LogP) is 2.83. The molecule has 9 heteroatoms. The highest BCUT2D eigenvalue weighted by Crippen LogP contribution is 2.27. The number of hydrogen-bond donors (Lipinski definition) is 3. The summed E-state index contributed by atoms with van der Waals surface area (Å²) in [6.07, 6.45) is 4.62. The number of ether oxygens (including phenoxy) is 1. The minimum atomic E-state index is -0.434. The zero-order valence-electron chi connectivity index (χ0n) is 13.5. The molecule has 0 aliphatic carbocycles. The highest BCUT2D eigenvalue weighted by Gasteiger charge is 2.11. The first-order chi connectivity index (χ1) is 12.2. The van der Waals surface area contributed by atoms with Crippen LogP contribution in [0.5, 0.6) is 0 Å². The number of carbonyl (C=O) groups is 1. The number of aromatic nitrogens is 4. The van der Waals surface area contributed by atoms with Crippen LogP contribution in [0.3, 0.4) is 0 Å². The summed E-state index contributed by atoms with van der Waals surface area (Å²) in [6, 6.07) is 3.58. The minimum absolute atomic E-state index is 0.345. The molecule has 0 spiro atoms. The van der Waals surface area contributed by atoms with E-state index in [1.807, 2.05) is 6.07 Å². The molecule has 130 valence electrons. The van der Waals surface area contributed by atoms with Crippen molar-refractivity contribution in [2.24, 2.45) is 0 Å². The summed E-state index contributed by atoms with van der Waals surface area (Å²) in [5.74, 6) is 1.21. The second kappa shape index (κ2) is 7.80.